The summed E-state index contributed by atoms with van der Waals surface area (Å²) in [6.07, 6.45) is 2.12. The highest BCUT2D eigenvalue weighted by molar-refractivity contribution is 5.64. The molecule has 1 aromatic heterocycles. The van der Waals surface area contributed by atoms with Gasteiger partial charge in [-0.3, -0.25) is 0 Å². The summed E-state index contributed by atoms with van der Waals surface area (Å²) in [7, 11) is 1.58. The predicted molar refractivity (Wildman–Crippen MR) is 84.3 cm³/mol. The highest BCUT2D eigenvalue weighted by Gasteiger charge is 2.12. The molecule has 0 radical (unpaired) electrons. The van der Waals surface area contributed by atoms with E-state index < -0.39 is 0 Å². The maximum atomic E-state index is 14.0. The molecule has 0 fully saturated rings. The number of hydrogen-bond acceptors (Lipinski definition) is 4. The van der Waals surface area contributed by atoms with Crippen molar-refractivity contribution in [3.05, 3.63) is 47.4 Å². The number of rotatable bonds is 6. The first kappa shape index (κ1) is 16.4. The molecule has 5 heteroatoms. The van der Waals surface area contributed by atoms with E-state index in [1.165, 1.54) is 6.07 Å². The topological polar surface area (TPSA) is 68.4 Å². The fourth-order valence-electron chi connectivity index (χ4n) is 2.38. The number of aliphatic hydroxyl groups is 1. The SMILES string of the molecule is COc1ncc(-c2ccc(F)c(CC(CN)CO)c2)cc1C. The highest BCUT2D eigenvalue weighted by atomic mass is 19.1. The number of aryl methyl sites for hydroxylation is 1. The first-order valence-corrected chi connectivity index (χ1v) is 7.19. The lowest BCUT2D eigenvalue weighted by Crippen LogP contribution is -2.20. The number of aromatic nitrogens is 1. The lowest BCUT2D eigenvalue weighted by molar-refractivity contribution is 0.229. The van der Waals surface area contributed by atoms with Crippen molar-refractivity contribution < 1.29 is 14.2 Å². The molecule has 1 atom stereocenters. The van der Waals surface area contributed by atoms with Crippen LogP contribution in [0.25, 0.3) is 11.1 Å². The Labute approximate surface area is 129 Å². The molecule has 0 spiro atoms. The first-order valence-electron chi connectivity index (χ1n) is 7.19. The number of hydrogen-bond donors (Lipinski definition) is 2. The third kappa shape index (κ3) is 3.61. The van der Waals surface area contributed by atoms with Gasteiger partial charge in [0.2, 0.25) is 5.88 Å². The minimum atomic E-state index is -0.283. The van der Waals surface area contributed by atoms with Gasteiger partial charge in [0.1, 0.15) is 5.82 Å². The molecule has 22 heavy (non-hydrogen) atoms. The van der Waals surface area contributed by atoms with Gasteiger partial charge in [-0.05, 0) is 55.1 Å². The Kier molecular flexibility index (Phi) is 5.46. The van der Waals surface area contributed by atoms with Gasteiger partial charge < -0.3 is 15.6 Å². The quantitative estimate of drug-likeness (QED) is 0.859. The number of nitrogens with two attached hydrogens (primary N) is 1. The lowest BCUT2D eigenvalue weighted by atomic mass is 9.96. The zero-order chi connectivity index (χ0) is 16.1. The summed E-state index contributed by atoms with van der Waals surface area (Å²) in [6.45, 7) is 2.18. The second-order valence-electron chi connectivity index (χ2n) is 5.34. The van der Waals surface area contributed by atoms with E-state index in [-0.39, 0.29) is 18.3 Å². The van der Waals surface area contributed by atoms with Gasteiger partial charge in [0, 0.05) is 23.9 Å². The smallest absolute Gasteiger partial charge is 0.215 e. The fourth-order valence-corrected chi connectivity index (χ4v) is 2.38. The van der Waals surface area contributed by atoms with Crippen LogP contribution in [0.5, 0.6) is 5.88 Å². The second-order valence-corrected chi connectivity index (χ2v) is 5.34. The van der Waals surface area contributed by atoms with Crippen LogP contribution in [-0.2, 0) is 6.42 Å². The molecule has 0 saturated carbocycles. The number of ether oxygens (including phenoxy) is 1. The van der Waals surface area contributed by atoms with Crippen molar-refractivity contribution >= 4 is 0 Å². The number of benzene rings is 1. The van der Waals surface area contributed by atoms with Crippen LogP contribution in [0.2, 0.25) is 0 Å². The molecule has 0 amide bonds. The maximum Gasteiger partial charge on any atom is 0.215 e. The van der Waals surface area contributed by atoms with Gasteiger partial charge in [0.05, 0.1) is 7.11 Å². The van der Waals surface area contributed by atoms with E-state index in [1.54, 1.807) is 25.4 Å². The Bertz CT molecular complexity index is 643. The van der Waals surface area contributed by atoms with E-state index in [0.717, 1.165) is 16.7 Å². The summed E-state index contributed by atoms with van der Waals surface area (Å²) < 4.78 is 19.1. The van der Waals surface area contributed by atoms with Crippen molar-refractivity contribution in [1.82, 2.24) is 4.98 Å². The van der Waals surface area contributed by atoms with Crippen LogP contribution in [0.4, 0.5) is 4.39 Å². The van der Waals surface area contributed by atoms with Crippen molar-refractivity contribution in [2.45, 2.75) is 13.3 Å². The molecule has 2 rings (SSSR count). The van der Waals surface area contributed by atoms with E-state index in [0.29, 0.717) is 24.4 Å². The zero-order valence-electron chi connectivity index (χ0n) is 12.8. The number of halogens is 1. The maximum absolute atomic E-state index is 14.0. The molecular formula is C17H21FN2O2. The third-order valence-electron chi connectivity index (χ3n) is 3.70. The van der Waals surface area contributed by atoms with Gasteiger partial charge in [-0.25, -0.2) is 9.37 Å². The Morgan fingerprint density at radius 1 is 1.32 bits per heavy atom. The highest BCUT2D eigenvalue weighted by Crippen LogP contribution is 2.26. The molecule has 0 aliphatic rings. The predicted octanol–water partition coefficient (Wildman–Crippen LogP) is 2.31. The minimum Gasteiger partial charge on any atom is -0.481 e. The van der Waals surface area contributed by atoms with Crippen LogP contribution in [0, 0.1) is 18.7 Å². The fraction of sp³-hybridized carbons (Fsp3) is 0.353. The summed E-state index contributed by atoms with van der Waals surface area (Å²) in [6, 6.07) is 6.90. The molecule has 1 aromatic carbocycles. The Hall–Kier alpha value is -1.98. The van der Waals surface area contributed by atoms with Crippen LogP contribution in [0.3, 0.4) is 0 Å². The molecule has 2 aromatic rings. The molecular weight excluding hydrogens is 283 g/mol. The second kappa shape index (κ2) is 7.33. The summed E-state index contributed by atoms with van der Waals surface area (Å²) >= 11 is 0. The summed E-state index contributed by atoms with van der Waals surface area (Å²) in [5.41, 5.74) is 8.82. The number of methoxy groups -OCH3 is 1. The van der Waals surface area contributed by atoms with E-state index >= 15 is 0 Å². The molecule has 0 saturated heterocycles. The average Bonchev–Trinajstić information content (AvgIpc) is 2.54. The van der Waals surface area contributed by atoms with Crippen molar-refractivity contribution in [3.63, 3.8) is 0 Å². The van der Waals surface area contributed by atoms with Crippen molar-refractivity contribution in [3.8, 4) is 17.0 Å². The zero-order valence-corrected chi connectivity index (χ0v) is 12.8. The summed E-state index contributed by atoms with van der Waals surface area (Å²) in [5, 5.41) is 9.23. The largest absolute Gasteiger partial charge is 0.481 e. The van der Waals surface area contributed by atoms with Crippen molar-refractivity contribution in [2.24, 2.45) is 11.7 Å². The van der Waals surface area contributed by atoms with Crippen LogP contribution in [-0.4, -0.2) is 30.4 Å². The standard InChI is InChI=1S/C17H21FN2O2/c1-11-5-15(9-20-17(11)22-2)13-3-4-16(18)14(7-13)6-12(8-19)10-21/h3-5,7,9,12,21H,6,8,10,19H2,1-2H3. The first-order chi connectivity index (χ1) is 10.6. The third-order valence-corrected chi connectivity index (χ3v) is 3.70. The normalized spacial score (nSPS) is 12.2. The van der Waals surface area contributed by atoms with Gasteiger partial charge in [-0.1, -0.05) is 6.07 Å². The summed E-state index contributed by atoms with van der Waals surface area (Å²) in [5.74, 6) is 0.156. The Morgan fingerprint density at radius 2 is 2.09 bits per heavy atom. The van der Waals surface area contributed by atoms with Gasteiger partial charge in [0.15, 0.2) is 0 Å². The van der Waals surface area contributed by atoms with Gasteiger partial charge in [-0.2, -0.15) is 0 Å². The van der Waals surface area contributed by atoms with Crippen molar-refractivity contribution in [1.29, 1.82) is 0 Å². The van der Waals surface area contributed by atoms with E-state index in [9.17, 15) is 9.50 Å². The molecule has 3 N–H and O–H groups in total. The van der Waals surface area contributed by atoms with Crippen LogP contribution in [0.1, 0.15) is 11.1 Å². The number of nitrogens with zero attached hydrogens (tertiary/aromatic N) is 1. The Balaban J connectivity index is 2.34. The molecule has 0 bridgehead atoms. The molecule has 118 valence electrons. The van der Waals surface area contributed by atoms with Gasteiger partial charge in [0.25, 0.3) is 0 Å². The monoisotopic (exact) mass is 304 g/mol. The number of pyridine rings is 1. The molecule has 1 heterocycles. The average molecular weight is 304 g/mol. The minimum absolute atomic E-state index is 0.0522. The lowest BCUT2D eigenvalue weighted by Gasteiger charge is -2.13. The molecule has 1 unspecified atom stereocenters. The Morgan fingerprint density at radius 3 is 2.68 bits per heavy atom. The molecule has 0 aliphatic carbocycles. The van der Waals surface area contributed by atoms with Crippen LogP contribution in [0.15, 0.2) is 30.5 Å². The van der Waals surface area contributed by atoms with E-state index in [1.807, 2.05) is 13.0 Å². The molecule has 4 nitrogen and oxygen atoms in total. The van der Waals surface area contributed by atoms with Crippen LogP contribution >= 0.6 is 0 Å². The van der Waals surface area contributed by atoms with E-state index in [4.69, 9.17) is 10.5 Å². The molecule has 0 aliphatic heterocycles. The van der Waals surface area contributed by atoms with Crippen molar-refractivity contribution in [2.75, 3.05) is 20.3 Å². The van der Waals surface area contributed by atoms with Gasteiger partial charge >= 0.3 is 0 Å². The van der Waals surface area contributed by atoms with Gasteiger partial charge in [-0.15, -0.1) is 0 Å². The van der Waals surface area contributed by atoms with E-state index in [2.05, 4.69) is 4.98 Å². The summed E-state index contributed by atoms with van der Waals surface area (Å²) in [4.78, 5) is 4.24. The van der Waals surface area contributed by atoms with Crippen LogP contribution < -0.4 is 10.5 Å². The number of aliphatic hydroxyl groups excluding tert-OH is 1.